The summed E-state index contributed by atoms with van der Waals surface area (Å²) in [6.45, 7) is 2.12. The Hall–Kier alpha value is -2.34. The first-order valence-corrected chi connectivity index (χ1v) is 11.6. The second-order valence-corrected chi connectivity index (χ2v) is 9.57. The summed E-state index contributed by atoms with van der Waals surface area (Å²) in [7, 11) is -4.05. The highest BCUT2D eigenvalue weighted by atomic mass is 32.2. The van der Waals surface area contributed by atoms with Crippen LogP contribution in [0.3, 0.4) is 0 Å². The molecular weight excluding hydrogens is 433 g/mol. The number of anilines is 1. The van der Waals surface area contributed by atoms with Crippen LogP contribution in [0.4, 0.5) is 10.1 Å². The minimum Gasteiger partial charge on any atom is -0.379 e. The summed E-state index contributed by atoms with van der Waals surface area (Å²) in [6, 6.07) is 6.52. The fraction of sp³-hybridized carbons (Fsp3) is 0.368. The molecule has 1 aromatic carbocycles. The molecule has 1 atom stereocenters. The number of hydrogen-bond acceptors (Lipinski definition) is 6. The lowest BCUT2D eigenvalue weighted by Crippen LogP contribution is -2.40. The third kappa shape index (κ3) is 5.42. The van der Waals surface area contributed by atoms with E-state index >= 15 is 0 Å². The highest BCUT2D eigenvalue weighted by Gasteiger charge is 2.29. The highest BCUT2D eigenvalue weighted by Crippen LogP contribution is 2.26. The van der Waals surface area contributed by atoms with Crippen LogP contribution >= 0.6 is 11.3 Å². The largest absolute Gasteiger partial charge is 0.379 e. The van der Waals surface area contributed by atoms with Crippen molar-refractivity contribution in [1.29, 1.82) is 0 Å². The maximum atomic E-state index is 14.3. The van der Waals surface area contributed by atoms with Crippen molar-refractivity contribution in [3.8, 4) is 0 Å². The van der Waals surface area contributed by atoms with Crippen molar-refractivity contribution >= 4 is 38.9 Å². The van der Waals surface area contributed by atoms with Gasteiger partial charge in [-0.15, -0.1) is 11.3 Å². The lowest BCUT2D eigenvalue weighted by molar-refractivity contribution is -0.120. The van der Waals surface area contributed by atoms with Crippen LogP contribution in [0.25, 0.3) is 0 Å². The number of hydrogen-bond donors (Lipinski definition) is 2. The zero-order chi connectivity index (χ0) is 21.7. The van der Waals surface area contributed by atoms with Crippen molar-refractivity contribution in [3.05, 3.63) is 46.4 Å². The number of nitrogens with one attached hydrogen (secondary N) is 2. The Kier molecular flexibility index (Phi) is 7.19. The Balaban J connectivity index is 1.75. The molecule has 2 N–H and O–H groups in total. The molecule has 0 radical (unpaired) electrons. The van der Waals surface area contributed by atoms with Gasteiger partial charge in [-0.2, -0.15) is 4.31 Å². The molecule has 162 valence electrons. The summed E-state index contributed by atoms with van der Waals surface area (Å²) < 4.78 is 46.1. The molecule has 8 nitrogen and oxygen atoms in total. The van der Waals surface area contributed by atoms with Gasteiger partial charge in [-0.05, 0) is 29.6 Å². The minimum atomic E-state index is -4.05. The number of sulfonamides is 1. The van der Waals surface area contributed by atoms with Crippen LogP contribution in [0.15, 0.2) is 40.6 Å². The molecule has 2 heterocycles. The van der Waals surface area contributed by atoms with Gasteiger partial charge < -0.3 is 15.4 Å². The van der Waals surface area contributed by atoms with E-state index in [1.807, 2.05) is 17.5 Å². The Morgan fingerprint density at radius 2 is 2.00 bits per heavy atom. The van der Waals surface area contributed by atoms with E-state index in [2.05, 4.69) is 10.6 Å². The molecular formula is C19H22FN3O5S2. The van der Waals surface area contributed by atoms with Crippen LogP contribution < -0.4 is 10.6 Å². The van der Waals surface area contributed by atoms with Crippen LogP contribution in [-0.4, -0.2) is 50.8 Å². The number of halogens is 1. The number of nitrogens with zero attached hydrogens (tertiary/aromatic N) is 1. The standard InChI is InChI=1S/C19H22FN3O5S2/c1-13(24)21-16(17-3-2-10-29-17)12-19(25)22-14-4-5-15(20)18(11-14)30(26,27)23-6-8-28-9-7-23/h2-5,10-11,16H,6-9,12H2,1H3,(H,21,24)(H,22,25). The molecule has 1 unspecified atom stereocenters. The number of ether oxygens (including phenoxy) is 1. The Labute approximate surface area is 178 Å². The van der Waals surface area contributed by atoms with Crippen molar-refractivity contribution < 1.29 is 27.1 Å². The summed E-state index contributed by atoms with van der Waals surface area (Å²) in [5, 5.41) is 7.15. The topological polar surface area (TPSA) is 105 Å². The van der Waals surface area contributed by atoms with E-state index in [1.165, 1.54) is 24.3 Å². The fourth-order valence-corrected chi connectivity index (χ4v) is 5.34. The highest BCUT2D eigenvalue weighted by molar-refractivity contribution is 7.89. The number of rotatable bonds is 7. The van der Waals surface area contributed by atoms with E-state index in [1.54, 1.807) is 0 Å². The van der Waals surface area contributed by atoms with E-state index in [0.717, 1.165) is 21.3 Å². The van der Waals surface area contributed by atoms with Crippen molar-refractivity contribution in [3.63, 3.8) is 0 Å². The number of carbonyl (C=O) groups excluding carboxylic acids is 2. The average molecular weight is 456 g/mol. The van der Waals surface area contributed by atoms with Crippen LogP contribution in [0.2, 0.25) is 0 Å². The van der Waals surface area contributed by atoms with Crippen molar-refractivity contribution in [1.82, 2.24) is 9.62 Å². The molecule has 2 aromatic rings. The number of benzene rings is 1. The first-order valence-electron chi connectivity index (χ1n) is 9.25. The van der Waals surface area contributed by atoms with Crippen LogP contribution in [0.5, 0.6) is 0 Å². The predicted molar refractivity (Wildman–Crippen MR) is 110 cm³/mol. The second-order valence-electron chi connectivity index (χ2n) is 6.68. The molecule has 0 spiro atoms. The molecule has 1 fully saturated rings. The van der Waals surface area contributed by atoms with Gasteiger partial charge in [0.2, 0.25) is 21.8 Å². The number of thiophene rings is 1. The predicted octanol–water partition coefficient (Wildman–Crippen LogP) is 2.11. The summed E-state index contributed by atoms with van der Waals surface area (Å²) in [4.78, 5) is 24.3. The average Bonchev–Trinajstić information content (AvgIpc) is 3.24. The van der Waals surface area contributed by atoms with Gasteiger partial charge in [0.1, 0.15) is 10.7 Å². The first-order chi connectivity index (χ1) is 14.3. The Morgan fingerprint density at radius 1 is 1.27 bits per heavy atom. The second kappa shape index (κ2) is 9.65. The summed E-state index contributed by atoms with van der Waals surface area (Å²) >= 11 is 1.41. The van der Waals surface area contributed by atoms with E-state index in [9.17, 15) is 22.4 Å². The van der Waals surface area contributed by atoms with Gasteiger partial charge >= 0.3 is 0 Å². The van der Waals surface area contributed by atoms with Crippen molar-refractivity contribution in [2.45, 2.75) is 24.3 Å². The monoisotopic (exact) mass is 455 g/mol. The van der Waals surface area contributed by atoms with Gasteiger partial charge in [-0.25, -0.2) is 12.8 Å². The maximum absolute atomic E-state index is 14.3. The number of morpholine rings is 1. The molecule has 1 aliphatic heterocycles. The summed E-state index contributed by atoms with van der Waals surface area (Å²) in [5.41, 5.74) is 0.154. The van der Waals surface area contributed by atoms with Crippen LogP contribution in [-0.2, 0) is 24.3 Å². The maximum Gasteiger partial charge on any atom is 0.246 e. The molecule has 0 aliphatic carbocycles. The quantitative estimate of drug-likeness (QED) is 0.665. The molecule has 30 heavy (non-hydrogen) atoms. The third-order valence-corrected chi connectivity index (χ3v) is 7.36. The molecule has 1 aromatic heterocycles. The molecule has 0 bridgehead atoms. The van der Waals surface area contributed by atoms with Gasteiger partial charge in [0, 0.05) is 30.6 Å². The van der Waals surface area contributed by atoms with E-state index in [4.69, 9.17) is 4.74 Å². The lowest BCUT2D eigenvalue weighted by Gasteiger charge is -2.26. The summed E-state index contributed by atoms with van der Waals surface area (Å²) in [6.07, 6.45) is -0.0526. The molecule has 2 amide bonds. The van der Waals surface area contributed by atoms with E-state index in [0.29, 0.717) is 0 Å². The van der Waals surface area contributed by atoms with Crippen molar-refractivity contribution in [2.75, 3.05) is 31.6 Å². The van der Waals surface area contributed by atoms with Crippen LogP contribution in [0.1, 0.15) is 24.3 Å². The normalized spacial score (nSPS) is 16.1. The minimum absolute atomic E-state index is 0.0526. The molecule has 11 heteroatoms. The van der Waals surface area contributed by atoms with Gasteiger partial charge in [-0.1, -0.05) is 6.07 Å². The van der Waals surface area contributed by atoms with Crippen LogP contribution in [0, 0.1) is 5.82 Å². The number of amides is 2. The summed E-state index contributed by atoms with van der Waals surface area (Å²) in [5.74, 6) is -1.61. The van der Waals surface area contributed by atoms with E-state index in [-0.39, 0.29) is 44.3 Å². The lowest BCUT2D eigenvalue weighted by atomic mass is 10.1. The third-order valence-electron chi connectivity index (χ3n) is 4.46. The number of carbonyl (C=O) groups is 2. The van der Waals surface area contributed by atoms with Crippen molar-refractivity contribution in [2.24, 2.45) is 0 Å². The van der Waals surface area contributed by atoms with Gasteiger partial charge in [0.25, 0.3) is 0 Å². The van der Waals surface area contributed by atoms with Gasteiger partial charge in [-0.3, -0.25) is 9.59 Å². The molecule has 0 saturated carbocycles. The van der Waals surface area contributed by atoms with Gasteiger partial charge in [0.15, 0.2) is 0 Å². The molecule has 1 saturated heterocycles. The SMILES string of the molecule is CC(=O)NC(CC(=O)Nc1ccc(F)c(S(=O)(=O)N2CCOCC2)c1)c1cccs1. The Bertz CT molecular complexity index is 1010. The molecule has 3 rings (SSSR count). The fourth-order valence-electron chi connectivity index (χ4n) is 3.06. The zero-order valence-corrected chi connectivity index (χ0v) is 17.9. The zero-order valence-electron chi connectivity index (χ0n) is 16.3. The smallest absolute Gasteiger partial charge is 0.246 e. The van der Waals surface area contributed by atoms with Gasteiger partial charge in [0.05, 0.1) is 25.7 Å². The molecule has 1 aliphatic rings. The Morgan fingerprint density at radius 3 is 2.63 bits per heavy atom. The first kappa shape index (κ1) is 22.3. The van der Waals surface area contributed by atoms with E-state index < -0.39 is 32.7 Å².